The maximum absolute atomic E-state index is 5.89. The first-order chi connectivity index (χ1) is 17.3. The highest BCUT2D eigenvalue weighted by atomic mass is 16.5. The van der Waals surface area contributed by atoms with Crippen LogP contribution in [0, 0.1) is 0 Å². The minimum Gasteiger partial charge on any atom is -0.494 e. The molecule has 0 fully saturated rings. The first-order valence-corrected chi connectivity index (χ1v) is 14.1. The van der Waals surface area contributed by atoms with Gasteiger partial charge in [0.15, 0.2) is 11.6 Å². The highest BCUT2D eigenvalue weighted by molar-refractivity contribution is 5.56. The van der Waals surface area contributed by atoms with Crippen molar-refractivity contribution < 1.29 is 14.2 Å². The van der Waals surface area contributed by atoms with E-state index < -0.39 is 0 Å². The molecule has 1 aromatic carbocycles. The number of hydrogen-bond donors (Lipinski definition) is 0. The number of nitrogens with zero attached hydrogens (tertiary/aromatic N) is 2. The van der Waals surface area contributed by atoms with Crippen LogP contribution in [0.2, 0.25) is 0 Å². The van der Waals surface area contributed by atoms with Gasteiger partial charge in [-0.1, -0.05) is 71.6 Å². The Balaban J connectivity index is 1.55. The highest BCUT2D eigenvalue weighted by Gasteiger charge is 2.04. The summed E-state index contributed by atoms with van der Waals surface area (Å²) in [5.74, 6) is 2.33. The number of ether oxygens (including phenoxy) is 3. The molecule has 0 saturated carbocycles. The topological polar surface area (TPSA) is 53.5 Å². The van der Waals surface area contributed by atoms with E-state index in [1.165, 1.54) is 57.8 Å². The summed E-state index contributed by atoms with van der Waals surface area (Å²) in [6, 6.07) is 8.04. The molecule has 0 aliphatic heterocycles. The Bertz CT molecular complexity index is 734. The third-order valence-electron chi connectivity index (χ3n) is 6.10. The Kier molecular flexibility index (Phi) is 16.7. The Morgan fingerprint density at radius 2 is 1.00 bits per heavy atom. The first-order valence-electron chi connectivity index (χ1n) is 14.1. The van der Waals surface area contributed by atoms with E-state index in [4.69, 9.17) is 14.2 Å². The van der Waals surface area contributed by atoms with Crippen molar-refractivity contribution in [3.63, 3.8) is 0 Å². The monoisotopic (exact) mass is 484 g/mol. The van der Waals surface area contributed by atoms with Crippen LogP contribution in [0.4, 0.5) is 0 Å². The lowest BCUT2D eigenvalue weighted by atomic mass is 10.1. The number of benzene rings is 1. The van der Waals surface area contributed by atoms with Gasteiger partial charge in [-0.2, -0.15) is 0 Å². The smallest absolute Gasteiger partial charge is 0.159 e. The zero-order valence-corrected chi connectivity index (χ0v) is 22.3. The highest BCUT2D eigenvalue weighted by Crippen LogP contribution is 2.21. The fraction of sp³-hybridized carbons (Fsp3) is 0.667. The van der Waals surface area contributed by atoms with E-state index in [1.54, 1.807) is 12.4 Å². The van der Waals surface area contributed by atoms with Crippen molar-refractivity contribution in [1.82, 2.24) is 9.97 Å². The minimum absolute atomic E-state index is 0.699. The fourth-order valence-electron chi connectivity index (χ4n) is 3.86. The Morgan fingerprint density at radius 1 is 0.514 bits per heavy atom. The summed E-state index contributed by atoms with van der Waals surface area (Å²) in [4.78, 5) is 8.94. The quantitative estimate of drug-likeness (QED) is 0.157. The molecule has 5 heteroatoms. The van der Waals surface area contributed by atoms with Crippen molar-refractivity contribution in [3.05, 3.63) is 36.7 Å². The minimum atomic E-state index is 0.699. The number of rotatable bonds is 22. The first kappa shape index (κ1) is 29.1. The average molecular weight is 485 g/mol. The average Bonchev–Trinajstić information content (AvgIpc) is 2.89. The van der Waals surface area contributed by atoms with E-state index in [0.29, 0.717) is 12.4 Å². The molecule has 0 unspecified atom stereocenters. The molecule has 0 saturated heterocycles. The molecule has 5 nitrogen and oxygen atoms in total. The third kappa shape index (κ3) is 14.1. The van der Waals surface area contributed by atoms with Crippen LogP contribution in [-0.2, 0) is 4.74 Å². The van der Waals surface area contributed by atoms with Crippen LogP contribution in [0.1, 0.15) is 104 Å². The second kappa shape index (κ2) is 20.1. The summed E-state index contributed by atoms with van der Waals surface area (Å²) in [5, 5.41) is 0. The molecule has 0 amide bonds. The molecule has 0 N–H and O–H groups in total. The van der Waals surface area contributed by atoms with E-state index in [9.17, 15) is 0 Å². The Morgan fingerprint density at radius 3 is 1.60 bits per heavy atom. The van der Waals surface area contributed by atoms with Crippen molar-refractivity contribution in [2.75, 3.05) is 26.4 Å². The molecule has 0 aliphatic carbocycles. The molecule has 196 valence electrons. The second-order valence-corrected chi connectivity index (χ2v) is 9.32. The van der Waals surface area contributed by atoms with Gasteiger partial charge in [-0.25, -0.2) is 9.97 Å². The van der Waals surface area contributed by atoms with Crippen LogP contribution in [0.3, 0.4) is 0 Å². The van der Waals surface area contributed by atoms with E-state index in [-0.39, 0.29) is 0 Å². The van der Waals surface area contributed by atoms with Gasteiger partial charge in [0.05, 0.1) is 25.6 Å². The lowest BCUT2D eigenvalue weighted by Gasteiger charge is -2.08. The molecular weight excluding hydrogens is 436 g/mol. The lowest BCUT2D eigenvalue weighted by molar-refractivity contribution is 0.126. The molecule has 2 aromatic rings. The summed E-state index contributed by atoms with van der Waals surface area (Å²) in [7, 11) is 0. The Hall–Kier alpha value is -2.14. The number of hydrogen-bond acceptors (Lipinski definition) is 5. The molecule has 0 aliphatic rings. The molecule has 2 rings (SSSR count). The van der Waals surface area contributed by atoms with Crippen LogP contribution in [-0.4, -0.2) is 36.4 Å². The zero-order chi connectivity index (χ0) is 24.8. The van der Waals surface area contributed by atoms with Gasteiger partial charge in [-0.15, -0.1) is 0 Å². The fourth-order valence-corrected chi connectivity index (χ4v) is 3.86. The van der Waals surface area contributed by atoms with E-state index >= 15 is 0 Å². The van der Waals surface area contributed by atoms with Gasteiger partial charge in [-0.3, -0.25) is 0 Å². The molecule has 0 radical (unpaired) electrons. The van der Waals surface area contributed by atoms with Gasteiger partial charge in [0, 0.05) is 18.8 Å². The van der Waals surface area contributed by atoms with Crippen LogP contribution < -0.4 is 9.47 Å². The van der Waals surface area contributed by atoms with Crippen molar-refractivity contribution in [2.24, 2.45) is 0 Å². The molecule has 0 spiro atoms. The van der Waals surface area contributed by atoms with E-state index in [2.05, 4.69) is 23.8 Å². The predicted octanol–water partition coefficient (Wildman–Crippen LogP) is 8.42. The van der Waals surface area contributed by atoms with Crippen molar-refractivity contribution >= 4 is 0 Å². The SMILES string of the molecule is CCCCCCCCCCOc1ccc(-c2ncc(OCCCCCCOCCCC)cn2)cc1. The summed E-state index contributed by atoms with van der Waals surface area (Å²) < 4.78 is 17.3. The van der Waals surface area contributed by atoms with Gasteiger partial charge in [0.2, 0.25) is 0 Å². The Labute approximate surface area is 214 Å². The molecule has 0 atom stereocenters. The van der Waals surface area contributed by atoms with Gasteiger partial charge >= 0.3 is 0 Å². The van der Waals surface area contributed by atoms with Crippen molar-refractivity contribution in [3.8, 4) is 22.9 Å². The summed E-state index contributed by atoms with van der Waals surface area (Å²) in [6.07, 6.45) is 20.9. The number of aromatic nitrogens is 2. The van der Waals surface area contributed by atoms with Gasteiger partial charge in [-0.05, 0) is 56.4 Å². The van der Waals surface area contributed by atoms with E-state index in [1.807, 2.05) is 24.3 Å². The van der Waals surface area contributed by atoms with Gasteiger partial charge < -0.3 is 14.2 Å². The molecule has 35 heavy (non-hydrogen) atoms. The predicted molar refractivity (Wildman–Crippen MR) is 145 cm³/mol. The molecule has 1 heterocycles. The maximum Gasteiger partial charge on any atom is 0.159 e. The van der Waals surface area contributed by atoms with Gasteiger partial charge in [0.25, 0.3) is 0 Å². The van der Waals surface area contributed by atoms with E-state index in [0.717, 1.165) is 69.0 Å². The summed E-state index contributed by atoms with van der Waals surface area (Å²) in [5.41, 5.74) is 0.983. The zero-order valence-electron chi connectivity index (χ0n) is 22.3. The number of unbranched alkanes of at least 4 members (excludes halogenated alkanes) is 11. The standard InChI is InChI=1S/C30H48N2O3/c1-3-5-7-8-9-10-11-15-23-34-28-19-17-27(18-20-28)30-31-25-29(26-32-30)35-24-16-13-12-14-22-33-21-6-4-2/h17-20,25-26H,3-16,21-24H2,1-2H3. The van der Waals surface area contributed by atoms with Crippen LogP contribution in [0.25, 0.3) is 11.4 Å². The molecule has 0 bridgehead atoms. The van der Waals surface area contributed by atoms with Gasteiger partial charge in [0.1, 0.15) is 5.75 Å². The lowest BCUT2D eigenvalue weighted by Crippen LogP contribution is -2.00. The summed E-state index contributed by atoms with van der Waals surface area (Å²) >= 11 is 0. The second-order valence-electron chi connectivity index (χ2n) is 9.32. The van der Waals surface area contributed by atoms with Crippen molar-refractivity contribution in [2.45, 2.75) is 104 Å². The van der Waals surface area contributed by atoms with Crippen LogP contribution in [0.15, 0.2) is 36.7 Å². The largest absolute Gasteiger partial charge is 0.494 e. The van der Waals surface area contributed by atoms with Crippen LogP contribution in [0.5, 0.6) is 11.5 Å². The van der Waals surface area contributed by atoms with Crippen molar-refractivity contribution in [1.29, 1.82) is 0 Å². The maximum atomic E-state index is 5.89. The normalized spacial score (nSPS) is 11.0. The van der Waals surface area contributed by atoms with Crippen LogP contribution >= 0.6 is 0 Å². The third-order valence-corrected chi connectivity index (χ3v) is 6.10. The molecule has 1 aromatic heterocycles. The summed E-state index contributed by atoms with van der Waals surface area (Å²) in [6.45, 7) is 7.70. The molecular formula is C30H48N2O3.